The molecule has 0 bridgehead atoms. The van der Waals surface area contributed by atoms with Gasteiger partial charge in [-0.25, -0.2) is 91.3 Å². The summed E-state index contributed by atoms with van der Waals surface area (Å²) in [5.41, 5.74) is -43.1. The van der Waals surface area contributed by atoms with Crippen LogP contribution < -0.4 is 4.84 Å². The molecule has 1 unspecified atom stereocenters. The lowest BCUT2D eigenvalue weighted by atomic mass is 9.85. The summed E-state index contributed by atoms with van der Waals surface area (Å²) in [4.78, 5) is 249. The van der Waals surface area contributed by atoms with Crippen LogP contribution in [0.4, 0.5) is 0 Å². The van der Waals surface area contributed by atoms with Gasteiger partial charge in [-0.05, 0) is 6.92 Å². The summed E-state index contributed by atoms with van der Waals surface area (Å²) < 4.78 is 14.0. The predicted molar refractivity (Wildman–Crippen MR) is 251 cm³/mol. The van der Waals surface area contributed by atoms with Crippen LogP contribution in [0.5, 0.6) is 0 Å². The molecule has 5 rings (SSSR count). The predicted octanol–water partition coefficient (Wildman–Crippen LogP) is 1.26. The number of rotatable bonds is 21. The first-order valence-corrected chi connectivity index (χ1v) is 21.5. The Labute approximate surface area is 461 Å². The number of carbonyl (C=O) groups is 18. The van der Waals surface area contributed by atoms with Crippen LogP contribution in [0.1, 0.15) is 193 Å². The Morgan fingerprint density at radius 3 is 0.882 bits per heavy atom. The molecule has 1 atom stereocenters. The number of nitriles is 1. The van der Waals surface area contributed by atoms with Gasteiger partial charge in [-0.1, -0.05) is 30.3 Å². The third-order valence-electron chi connectivity index (χ3n) is 10.9. The first-order valence-electron chi connectivity index (χ1n) is 21.5. The van der Waals surface area contributed by atoms with Crippen LogP contribution in [-0.2, 0) is 14.2 Å². The van der Waals surface area contributed by atoms with Crippen molar-refractivity contribution in [1.29, 1.82) is 5.26 Å². The lowest BCUT2D eigenvalue weighted by Crippen LogP contribution is -2.34. The second kappa shape index (κ2) is 23.8. The van der Waals surface area contributed by atoms with E-state index in [4.69, 9.17) is 9.57 Å². The maximum absolute atomic E-state index is 15.0. The van der Waals surface area contributed by atoms with E-state index >= 15 is 0 Å². The minimum atomic E-state index is -3.19. The molecule has 4 aromatic carbocycles. The third kappa shape index (κ3) is 11.4. The van der Waals surface area contributed by atoms with E-state index in [0.29, 0.717) is 13.1 Å². The lowest BCUT2D eigenvalue weighted by molar-refractivity contribution is 0.0336. The van der Waals surface area contributed by atoms with Gasteiger partial charge in [0.15, 0.2) is 11.9 Å². The maximum Gasteiger partial charge on any atom is 0.365 e. The molecule has 0 spiro atoms. The quantitative estimate of drug-likeness (QED) is 0.0279. The summed E-state index contributed by atoms with van der Waals surface area (Å²) in [5, 5.41) is 131. The summed E-state index contributed by atoms with van der Waals surface area (Å²) in [6, 6.07) is 7.81. The summed E-state index contributed by atoms with van der Waals surface area (Å²) in [7, 11) is 0. The second-order valence-electron chi connectivity index (χ2n) is 15.8. The van der Waals surface area contributed by atoms with Crippen molar-refractivity contribution in [3.8, 4) is 17.5 Å². The minimum absolute atomic E-state index is 0.0444. The van der Waals surface area contributed by atoms with Crippen LogP contribution in [0.2, 0.25) is 0 Å². The summed E-state index contributed by atoms with van der Waals surface area (Å²) in [6.45, 7) is 0.676. The molecule has 12 N–H and O–H groups in total. The molecule has 0 radical (unpaired) electrons. The number of hydrogen-bond donors (Lipinski definition) is 12. The molecule has 0 amide bonds. The Kier molecular flexibility index (Phi) is 17.4. The van der Waals surface area contributed by atoms with Crippen LogP contribution in [0.3, 0.4) is 0 Å². The average molecular weight is 1190 g/mol. The Hall–Kier alpha value is -13.6. The number of carbonyl (C=O) groups excluding carboxylic acids is 6. The first kappa shape index (κ1) is 62.3. The van der Waals surface area contributed by atoms with Gasteiger partial charge in [0.2, 0.25) is 0 Å². The molecule has 1 aromatic heterocycles. The number of carboxylic acids is 12. The second-order valence-corrected chi connectivity index (χ2v) is 15.8. The molecule has 0 aliphatic heterocycles. The fourth-order valence-electron chi connectivity index (χ4n) is 7.95. The molecule has 0 aliphatic carbocycles. The maximum atomic E-state index is 15.0. The fourth-order valence-corrected chi connectivity index (χ4v) is 7.95. The van der Waals surface area contributed by atoms with E-state index in [9.17, 15) is 153 Å². The zero-order valence-electron chi connectivity index (χ0n) is 40.8. The molecular formula is C48H23N3O34. The highest BCUT2D eigenvalue weighted by atomic mass is 16.7. The van der Waals surface area contributed by atoms with Crippen molar-refractivity contribution in [2.24, 2.45) is 0 Å². The van der Waals surface area contributed by atoms with Crippen LogP contribution in [0.15, 0.2) is 42.7 Å². The van der Waals surface area contributed by atoms with Gasteiger partial charge in [-0.15, -0.1) is 0 Å². The number of aromatic nitrogens is 2. The summed E-state index contributed by atoms with van der Waals surface area (Å²) >= 11 is 0. The van der Waals surface area contributed by atoms with E-state index in [0.717, 1.165) is 6.20 Å². The van der Waals surface area contributed by atoms with Gasteiger partial charge >= 0.3 is 107 Å². The number of aromatic carboxylic acids is 12. The monoisotopic (exact) mass is 1190 g/mol. The highest BCUT2D eigenvalue weighted by Crippen LogP contribution is 2.37. The number of carboxylic acid groups (broad SMARTS) is 12. The molecule has 0 fully saturated rings. The number of hydrogen-bond acceptors (Lipinski definition) is 24. The topological polar surface area (TPSA) is 629 Å². The normalized spacial score (nSPS) is 10.8. The molecule has 434 valence electrons. The molecule has 37 nitrogen and oxygen atoms in total. The van der Waals surface area contributed by atoms with Crippen LogP contribution in [-0.4, -0.2) is 185 Å². The SMILES string of the molecule is CC(C#N)OC(=O)c1c(C(=O)O)c(C(=O)O)c(C(=O)OC(=O)c2c(C(=O)O)c(C(=O)O)c(C(=O)O)c(C(=O)O)c2C(=O)O)c(C(=O)OC(=O)c2c(C(=O)O)c(C(=O)O)c(C(=O)O)c(C(=O)O)c2C(=O)O)c1C(=O)On1ccnc1-c1ccccc1. The fraction of sp³-hybridized carbons (Fsp3) is 0.0417. The standard InChI is InChI=1S/C48H23N3O34/c1-10(9-49)82-43(76)27-23(42(74)75)22(41(72)73)26(46(79)83-44(77)24-18(37(64)65)14(33(56)57)12(31(52)53)15(34(58)59)19(24)38(66)67)28(29(27)48(81)85-51-8-7-50-30(51)11-5-3-2-4-6-11)47(80)84-45(78)25-20(39(68)69)16(35(60)61)13(32(54)55)17(36(62)63)21(25)40(70)71/h2-8,10H,1H3,(H,52,53)(H,54,55)(H,56,57)(H,58,59)(H,60,61)(H,62,63)(H,64,65)(H,66,67)(H,68,69)(H,70,71)(H,72,73)(H,74,75). The van der Waals surface area contributed by atoms with E-state index in [1.807, 2.05) is 0 Å². The van der Waals surface area contributed by atoms with Crippen LogP contribution in [0, 0.1) is 11.3 Å². The molecule has 0 saturated carbocycles. The molecule has 0 aliphatic rings. The summed E-state index contributed by atoms with van der Waals surface area (Å²) in [6.07, 6.45) is -0.682. The van der Waals surface area contributed by atoms with Crippen molar-refractivity contribution in [2.45, 2.75) is 13.0 Å². The van der Waals surface area contributed by atoms with E-state index < -0.39 is 220 Å². The van der Waals surface area contributed by atoms with Gasteiger partial charge in [0.05, 0.1) is 106 Å². The third-order valence-corrected chi connectivity index (χ3v) is 10.9. The van der Waals surface area contributed by atoms with Gasteiger partial charge in [0.1, 0.15) is 6.07 Å². The minimum Gasteiger partial charge on any atom is -0.478 e. The Morgan fingerprint density at radius 1 is 0.376 bits per heavy atom. The number of benzene rings is 4. The molecule has 1 heterocycles. The van der Waals surface area contributed by atoms with Crippen LogP contribution >= 0.6 is 0 Å². The van der Waals surface area contributed by atoms with Gasteiger partial charge < -0.3 is 80.3 Å². The highest BCUT2D eigenvalue weighted by molar-refractivity contribution is 6.29. The Balaban J connectivity index is 2.11. The molecule has 85 heavy (non-hydrogen) atoms. The molecule has 5 aromatic rings. The Morgan fingerprint density at radius 2 is 0.612 bits per heavy atom. The number of ether oxygens (including phenoxy) is 3. The largest absolute Gasteiger partial charge is 0.478 e. The van der Waals surface area contributed by atoms with Gasteiger partial charge in [-0.2, -0.15) is 9.99 Å². The van der Waals surface area contributed by atoms with Gasteiger partial charge in [0.25, 0.3) is 0 Å². The van der Waals surface area contributed by atoms with Crippen molar-refractivity contribution in [3.63, 3.8) is 0 Å². The number of imidazole rings is 1. The van der Waals surface area contributed by atoms with Crippen molar-refractivity contribution >= 4 is 107 Å². The Bertz CT molecular complexity index is 3970. The summed E-state index contributed by atoms with van der Waals surface area (Å²) in [5.74, 6) is -52.3. The van der Waals surface area contributed by atoms with E-state index in [1.165, 1.54) is 36.4 Å². The van der Waals surface area contributed by atoms with E-state index in [1.54, 1.807) is 0 Å². The van der Waals surface area contributed by atoms with Crippen molar-refractivity contribution in [2.75, 3.05) is 0 Å². The molecule has 0 saturated heterocycles. The number of esters is 5. The lowest BCUT2D eigenvalue weighted by Gasteiger charge is -2.22. The molecular weight excluding hydrogens is 1160 g/mol. The van der Waals surface area contributed by atoms with Crippen LogP contribution in [0.25, 0.3) is 11.4 Å². The zero-order chi connectivity index (χ0) is 64.3. The van der Waals surface area contributed by atoms with E-state index in [2.05, 4.69) is 14.5 Å². The smallest absolute Gasteiger partial charge is 0.365 e. The van der Waals surface area contributed by atoms with Crippen molar-refractivity contribution in [1.82, 2.24) is 9.71 Å². The first-order chi connectivity index (χ1) is 39.6. The van der Waals surface area contributed by atoms with Gasteiger partial charge in [0, 0.05) is 11.8 Å². The van der Waals surface area contributed by atoms with Gasteiger partial charge in [-0.3, -0.25) is 0 Å². The number of nitrogens with zero attached hydrogens (tertiary/aromatic N) is 3. The zero-order valence-corrected chi connectivity index (χ0v) is 40.8. The highest BCUT2D eigenvalue weighted by Gasteiger charge is 2.48. The molecule has 37 heteroatoms. The average Bonchev–Trinajstić information content (AvgIpc) is 1.23. The van der Waals surface area contributed by atoms with Crippen molar-refractivity contribution < 1.29 is 167 Å². The van der Waals surface area contributed by atoms with E-state index in [-0.39, 0.29) is 10.3 Å². The van der Waals surface area contributed by atoms with Crippen molar-refractivity contribution in [3.05, 3.63) is 143 Å².